The first-order chi connectivity index (χ1) is 11.1. The zero-order valence-electron chi connectivity index (χ0n) is 13.9. The number of likely N-dealkylation sites (tertiary alicyclic amines) is 2. The molecule has 2 aliphatic rings. The summed E-state index contributed by atoms with van der Waals surface area (Å²) in [6.45, 7) is 2.59. The molecule has 3 heterocycles. The first-order valence-electron chi connectivity index (χ1n) is 8.20. The topological polar surface area (TPSA) is 65.9 Å². The fourth-order valence-corrected chi connectivity index (χ4v) is 4.01. The number of carbonyl (C=O) groups excluding carboxylic acids is 1. The van der Waals surface area contributed by atoms with E-state index in [0.717, 1.165) is 25.8 Å². The molecular weight excluding hydrogens is 294 g/mol. The molecule has 0 unspecified atom stereocenters. The standard InChI is InChI=1S/C17H25N3O3/c1-19-8-3-6-17(12-21)7-9-20(11-14(17)19)16(22)13-4-5-15(23-2)18-10-13/h4-5,10,14,21H,3,6-9,11-12H2,1-2H3/t14-,17-/m1/s1. The van der Waals surface area contributed by atoms with Crippen LogP contribution in [0.25, 0.3) is 0 Å². The highest BCUT2D eigenvalue weighted by Gasteiger charge is 2.47. The highest BCUT2D eigenvalue weighted by atomic mass is 16.5. The van der Waals surface area contributed by atoms with E-state index in [1.165, 1.54) is 0 Å². The highest BCUT2D eigenvalue weighted by Crippen LogP contribution is 2.41. The van der Waals surface area contributed by atoms with Crippen molar-refractivity contribution in [2.24, 2.45) is 5.41 Å². The number of pyridine rings is 1. The molecule has 1 aromatic heterocycles. The van der Waals surface area contributed by atoms with Crippen molar-refractivity contribution in [3.8, 4) is 5.88 Å². The van der Waals surface area contributed by atoms with E-state index in [0.29, 0.717) is 24.5 Å². The normalized spacial score (nSPS) is 28.3. The number of piperidine rings is 2. The van der Waals surface area contributed by atoms with Crippen molar-refractivity contribution in [2.75, 3.05) is 40.4 Å². The van der Waals surface area contributed by atoms with Gasteiger partial charge < -0.3 is 19.6 Å². The minimum atomic E-state index is -0.0536. The quantitative estimate of drug-likeness (QED) is 0.901. The van der Waals surface area contributed by atoms with E-state index in [1.54, 1.807) is 25.4 Å². The monoisotopic (exact) mass is 319 g/mol. The minimum Gasteiger partial charge on any atom is -0.481 e. The van der Waals surface area contributed by atoms with Gasteiger partial charge in [-0.25, -0.2) is 4.98 Å². The molecule has 126 valence electrons. The third kappa shape index (κ3) is 2.93. The predicted octanol–water partition coefficient (Wildman–Crippen LogP) is 1.01. The molecule has 2 saturated heterocycles. The van der Waals surface area contributed by atoms with Crippen LogP contribution in [0.4, 0.5) is 0 Å². The van der Waals surface area contributed by atoms with Crippen molar-refractivity contribution in [1.29, 1.82) is 0 Å². The number of hydrogen-bond donors (Lipinski definition) is 1. The predicted molar refractivity (Wildman–Crippen MR) is 86.5 cm³/mol. The van der Waals surface area contributed by atoms with Crippen LogP contribution in [0, 0.1) is 5.41 Å². The number of aliphatic hydroxyl groups excluding tert-OH is 1. The Morgan fingerprint density at radius 3 is 2.91 bits per heavy atom. The molecule has 6 heteroatoms. The lowest BCUT2D eigenvalue weighted by Gasteiger charge is -2.53. The second-order valence-corrected chi connectivity index (χ2v) is 6.71. The summed E-state index contributed by atoms with van der Waals surface area (Å²) >= 11 is 0. The van der Waals surface area contributed by atoms with Crippen molar-refractivity contribution < 1.29 is 14.6 Å². The van der Waals surface area contributed by atoms with E-state index >= 15 is 0 Å². The maximum absolute atomic E-state index is 12.7. The van der Waals surface area contributed by atoms with Crippen LogP contribution in [-0.4, -0.2) is 72.2 Å². The Hall–Kier alpha value is -1.66. The van der Waals surface area contributed by atoms with Gasteiger partial charge in [0.15, 0.2) is 0 Å². The zero-order valence-corrected chi connectivity index (χ0v) is 13.9. The van der Waals surface area contributed by atoms with E-state index in [9.17, 15) is 9.90 Å². The molecule has 6 nitrogen and oxygen atoms in total. The van der Waals surface area contributed by atoms with E-state index in [1.807, 2.05) is 4.90 Å². The summed E-state index contributed by atoms with van der Waals surface area (Å²) in [5.74, 6) is 0.511. The fraction of sp³-hybridized carbons (Fsp3) is 0.647. The number of methoxy groups -OCH3 is 1. The van der Waals surface area contributed by atoms with Gasteiger partial charge >= 0.3 is 0 Å². The Balaban J connectivity index is 1.75. The molecule has 0 saturated carbocycles. The number of nitrogens with zero attached hydrogens (tertiary/aromatic N) is 3. The number of carbonyl (C=O) groups is 1. The Labute approximate surface area is 137 Å². The molecule has 0 bridgehead atoms. The average molecular weight is 319 g/mol. The van der Waals surface area contributed by atoms with Crippen molar-refractivity contribution in [2.45, 2.75) is 25.3 Å². The Morgan fingerprint density at radius 2 is 2.26 bits per heavy atom. The minimum absolute atomic E-state index is 0.00525. The average Bonchev–Trinajstić information content (AvgIpc) is 2.61. The van der Waals surface area contributed by atoms with E-state index in [2.05, 4.69) is 16.9 Å². The lowest BCUT2D eigenvalue weighted by molar-refractivity contribution is -0.0601. The summed E-state index contributed by atoms with van der Waals surface area (Å²) in [4.78, 5) is 21.0. The molecule has 0 spiro atoms. The maximum atomic E-state index is 12.7. The van der Waals surface area contributed by atoms with Gasteiger partial charge in [-0.3, -0.25) is 4.79 Å². The fourth-order valence-electron chi connectivity index (χ4n) is 4.01. The number of fused-ring (bicyclic) bond motifs is 1. The summed E-state index contributed by atoms with van der Waals surface area (Å²) in [5, 5.41) is 9.94. The van der Waals surface area contributed by atoms with Gasteiger partial charge in [0.05, 0.1) is 19.3 Å². The largest absolute Gasteiger partial charge is 0.481 e. The number of hydrogen-bond acceptors (Lipinski definition) is 5. The highest BCUT2D eigenvalue weighted by molar-refractivity contribution is 5.94. The van der Waals surface area contributed by atoms with Gasteiger partial charge in [0.2, 0.25) is 5.88 Å². The van der Waals surface area contributed by atoms with Gasteiger partial charge in [-0.15, -0.1) is 0 Å². The van der Waals surface area contributed by atoms with Gasteiger partial charge in [-0.2, -0.15) is 0 Å². The summed E-state index contributed by atoms with van der Waals surface area (Å²) in [6, 6.07) is 3.69. The van der Waals surface area contributed by atoms with Crippen LogP contribution in [0.1, 0.15) is 29.6 Å². The van der Waals surface area contributed by atoms with Gasteiger partial charge in [-0.05, 0) is 38.9 Å². The number of amides is 1. The molecule has 0 aliphatic carbocycles. The number of aliphatic hydroxyl groups is 1. The molecule has 1 aromatic rings. The molecule has 23 heavy (non-hydrogen) atoms. The molecule has 2 fully saturated rings. The first kappa shape index (κ1) is 16.2. The Morgan fingerprint density at radius 1 is 1.43 bits per heavy atom. The number of aromatic nitrogens is 1. The van der Waals surface area contributed by atoms with Crippen molar-refractivity contribution in [3.05, 3.63) is 23.9 Å². The smallest absolute Gasteiger partial charge is 0.255 e. The third-order valence-corrected chi connectivity index (χ3v) is 5.49. The number of rotatable bonds is 3. The second kappa shape index (κ2) is 6.45. The molecule has 2 atom stereocenters. The molecule has 1 amide bonds. The van der Waals surface area contributed by atoms with Gasteiger partial charge in [0.1, 0.15) is 0 Å². The van der Waals surface area contributed by atoms with Crippen molar-refractivity contribution in [3.63, 3.8) is 0 Å². The first-order valence-corrected chi connectivity index (χ1v) is 8.20. The summed E-state index contributed by atoms with van der Waals surface area (Å²) in [7, 11) is 3.65. The van der Waals surface area contributed by atoms with Gasteiger partial charge in [0.25, 0.3) is 5.91 Å². The summed E-state index contributed by atoms with van der Waals surface area (Å²) < 4.78 is 5.04. The number of ether oxygens (including phenoxy) is 1. The van der Waals surface area contributed by atoms with E-state index in [-0.39, 0.29) is 24.0 Å². The molecule has 0 aromatic carbocycles. The maximum Gasteiger partial charge on any atom is 0.255 e. The van der Waals surface area contributed by atoms with Crippen LogP contribution in [0.2, 0.25) is 0 Å². The van der Waals surface area contributed by atoms with E-state index < -0.39 is 0 Å². The SMILES string of the molecule is COc1ccc(C(=O)N2CC[C@@]3(CO)CCCN(C)[C@@H]3C2)cn1. The van der Waals surface area contributed by atoms with Crippen LogP contribution in [0.5, 0.6) is 5.88 Å². The van der Waals surface area contributed by atoms with Gasteiger partial charge in [-0.1, -0.05) is 0 Å². The Kier molecular flexibility index (Phi) is 4.55. The lowest BCUT2D eigenvalue weighted by atomic mass is 9.69. The van der Waals surface area contributed by atoms with Gasteiger partial charge in [0, 0.05) is 36.8 Å². The van der Waals surface area contributed by atoms with Crippen LogP contribution in [0.3, 0.4) is 0 Å². The van der Waals surface area contributed by atoms with Crippen LogP contribution < -0.4 is 4.74 Å². The second-order valence-electron chi connectivity index (χ2n) is 6.71. The van der Waals surface area contributed by atoms with Crippen LogP contribution >= 0.6 is 0 Å². The Bertz CT molecular complexity index is 563. The molecule has 3 rings (SSSR count). The van der Waals surface area contributed by atoms with E-state index in [4.69, 9.17) is 4.74 Å². The molecule has 1 N–H and O–H groups in total. The molecule has 0 radical (unpaired) electrons. The summed E-state index contributed by atoms with van der Waals surface area (Å²) in [6.07, 6.45) is 4.59. The number of likely N-dealkylation sites (N-methyl/N-ethyl adjacent to an activating group) is 1. The summed E-state index contributed by atoms with van der Waals surface area (Å²) in [5.41, 5.74) is 0.530. The third-order valence-electron chi connectivity index (χ3n) is 5.49. The lowest BCUT2D eigenvalue weighted by Crippen LogP contribution is -2.62. The van der Waals surface area contributed by atoms with Crippen LogP contribution in [0.15, 0.2) is 18.3 Å². The zero-order chi connectivity index (χ0) is 16.4. The van der Waals surface area contributed by atoms with Crippen molar-refractivity contribution >= 4 is 5.91 Å². The molecule has 2 aliphatic heterocycles. The van der Waals surface area contributed by atoms with Crippen molar-refractivity contribution in [1.82, 2.24) is 14.8 Å². The van der Waals surface area contributed by atoms with Crippen LogP contribution in [-0.2, 0) is 0 Å². The molecular formula is C17H25N3O3.